The number of piperidine rings is 1. The van der Waals surface area contributed by atoms with Gasteiger partial charge in [0.1, 0.15) is 16.7 Å². The van der Waals surface area contributed by atoms with Crippen molar-refractivity contribution in [2.75, 3.05) is 13.2 Å². The molecular formula is C14H19BrN2O4S. The highest BCUT2D eigenvalue weighted by atomic mass is 79.9. The van der Waals surface area contributed by atoms with Crippen LogP contribution in [0.25, 0.3) is 0 Å². The number of halogens is 1. The van der Waals surface area contributed by atoms with Gasteiger partial charge in [-0.1, -0.05) is 22.4 Å². The van der Waals surface area contributed by atoms with E-state index in [1.807, 2.05) is 0 Å². The van der Waals surface area contributed by atoms with Gasteiger partial charge in [0, 0.05) is 11.0 Å². The van der Waals surface area contributed by atoms with Gasteiger partial charge in [-0.25, -0.2) is 8.42 Å². The van der Waals surface area contributed by atoms with Crippen LogP contribution in [0.15, 0.2) is 27.6 Å². The average Bonchev–Trinajstić information content (AvgIpc) is 2.49. The Hall–Kier alpha value is -1.12. The predicted octanol–water partition coefficient (Wildman–Crippen LogP) is 1.88. The zero-order valence-electron chi connectivity index (χ0n) is 12.3. The van der Waals surface area contributed by atoms with Crippen molar-refractivity contribution < 1.29 is 17.9 Å². The third-order valence-electron chi connectivity index (χ3n) is 3.57. The first-order valence-electron chi connectivity index (χ1n) is 7.11. The van der Waals surface area contributed by atoms with Gasteiger partial charge in [0.25, 0.3) is 0 Å². The molecule has 122 valence electrons. The van der Waals surface area contributed by atoms with Crippen molar-refractivity contribution in [2.24, 2.45) is 5.73 Å². The molecule has 1 atom stereocenters. The van der Waals surface area contributed by atoms with E-state index in [0.717, 1.165) is 6.42 Å². The van der Waals surface area contributed by atoms with Crippen LogP contribution < -0.4 is 10.5 Å². The molecule has 0 unspecified atom stereocenters. The lowest BCUT2D eigenvalue weighted by atomic mass is 10.0. The van der Waals surface area contributed by atoms with Crippen LogP contribution in [0.2, 0.25) is 0 Å². The topological polar surface area (TPSA) is 89.7 Å². The number of primary amides is 1. The molecule has 0 aliphatic carbocycles. The summed E-state index contributed by atoms with van der Waals surface area (Å²) in [6, 6.07) is 4.01. The smallest absolute Gasteiger partial charge is 0.247 e. The van der Waals surface area contributed by atoms with Crippen LogP contribution in [0, 0.1) is 0 Å². The summed E-state index contributed by atoms with van der Waals surface area (Å²) in [5, 5.41) is 0. The second-order valence-corrected chi connectivity index (χ2v) is 7.83. The maximum absolute atomic E-state index is 13.0. The molecule has 0 bridgehead atoms. The minimum Gasteiger partial charge on any atom is -0.492 e. The van der Waals surface area contributed by atoms with Gasteiger partial charge in [0.2, 0.25) is 15.9 Å². The number of sulfonamides is 1. The molecular weight excluding hydrogens is 372 g/mol. The molecule has 1 amide bonds. The molecule has 0 aromatic heterocycles. The van der Waals surface area contributed by atoms with Crippen molar-refractivity contribution in [1.82, 2.24) is 4.31 Å². The van der Waals surface area contributed by atoms with E-state index in [0.29, 0.717) is 23.9 Å². The summed E-state index contributed by atoms with van der Waals surface area (Å²) in [6.45, 7) is 2.42. The number of amides is 1. The Balaban J connectivity index is 2.49. The highest BCUT2D eigenvalue weighted by Gasteiger charge is 2.38. The van der Waals surface area contributed by atoms with Gasteiger partial charge in [-0.15, -0.1) is 0 Å². The van der Waals surface area contributed by atoms with Gasteiger partial charge in [-0.2, -0.15) is 4.31 Å². The molecule has 1 aromatic rings. The van der Waals surface area contributed by atoms with E-state index in [1.54, 1.807) is 19.1 Å². The molecule has 0 spiro atoms. The quantitative estimate of drug-likeness (QED) is 0.830. The van der Waals surface area contributed by atoms with Crippen molar-refractivity contribution in [3.63, 3.8) is 0 Å². The van der Waals surface area contributed by atoms with Crippen molar-refractivity contribution >= 4 is 31.9 Å². The van der Waals surface area contributed by atoms with E-state index in [4.69, 9.17) is 10.5 Å². The zero-order valence-corrected chi connectivity index (χ0v) is 14.7. The van der Waals surface area contributed by atoms with Gasteiger partial charge < -0.3 is 10.5 Å². The van der Waals surface area contributed by atoms with Gasteiger partial charge in [0.15, 0.2) is 0 Å². The third-order valence-corrected chi connectivity index (χ3v) is 6.00. The minimum atomic E-state index is -3.85. The Morgan fingerprint density at radius 2 is 2.18 bits per heavy atom. The van der Waals surface area contributed by atoms with Gasteiger partial charge in [-0.3, -0.25) is 4.79 Å². The van der Waals surface area contributed by atoms with E-state index >= 15 is 0 Å². The monoisotopic (exact) mass is 390 g/mol. The summed E-state index contributed by atoms with van der Waals surface area (Å²) in [7, 11) is -3.85. The molecule has 1 aromatic carbocycles. The highest BCUT2D eigenvalue weighted by Crippen LogP contribution is 2.33. The van der Waals surface area contributed by atoms with Crippen molar-refractivity contribution in [3.8, 4) is 5.75 Å². The molecule has 1 heterocycles. The van der Waals surface area contributed by atoms with Crippen molar-refractivity contribution in [2.45, 2.75) is 37.1 Å². The number of carbonyl (C=O) groups excluding carboxylic acids is 1. The second kappa shape index (κ2) is 6.97. The van der Waals surface area contributed by atoms with Crippen LogP contribution in [-0.4, -0.2) is 37.8 Å². The number of nitrogens with zero attached hydrogens (tertiary/aromatic N) is 1. The summed E-state index contributed by atoms with van der Waals surface area (Å²) in [5.74, 6) is -0.337. The van der Waals surface area contributed by atoms with Crippen LogP contribution in [0.5, 0.6) is 5.75 Å². The number of hydrogen-bond acceptors (Lipinski definition) is 4. The Morgan fingerprint density at radius 1 is 1.45 bits per heavy atom. The maximum Gasteiger partial charge on any atom is 0.247 e. The lowest BCUT2D eigenvalue weighted by molar-refractivity contribution is -0.122. The highest BCUT2D eigenvalue weighted by molar-refractivity contribution is 9.10. The summed E-state index contributed by atoms with van der Waals surface area (Å²) >= 11 is 3.28. The summed E-state index contributed by atoms with van der Waals surface area (Å²) in [5.41, 5.74) is 5.37. The number of rotatable bonds is 5. The standard InChI is InChI=1S/C14H19BrN2O4S/c1-2-21-12-7-6-10(15)9-13(12)22(19,20)17-8-4-3-5-11(17)14(16)18/h6-7,9,11H,2-5,8H2,1H3,(H2,16,18)/t11-/m0/s1. The average molecular weight is 391 g/mol. The van der Waals surface area contributed by atoms with Gasteiger partial charge >= 0.3 is 0 Å². The first-order chi connectivity index (χ1) is 10.4. The molecule has 22 heavy (non-hydrogen) atoms. The van der Waals surface area contributed by atoms with Crippen molar-refractivity contribution in [1.29, 1.82) is 0 Å². The molecule has 8 heteroatoms. The Kier molecular flexibility index (Phi) is 5.46. The Bertz CT molecular complexity index is 663. The van der Waals surface area contributed by atoms with E-state index in [9.17, 15) is 13.2 Å². The normalized spacial score (nSPS) is 19.8. The fourth-order valence-electron chi connectivity index (χ4n) is 2.56. The molecule has 2 N–H and O–H groups in total. The van der Waals surface area contributed by atoms with Crippen LogP contribution in [0.3, 0.4) is 0 Å². The number of carbonyl (C=O) groups is 1. The Labute approximate surface area is 138 Å². The van der Waals surface area contributed by atoms with E-state index < -0.39 is 22.0 Å². The first kappa shape index (κ1) is 17.2. The largest absolute Gasteiger partial charge is 0.492 e. The molecule has 1 aliphatic heterocycles. The number of ether oxygens (including phenoxy) is 1. The molecule has 0 saturated carbocycles. The molecule has 1 fully saturated rings. The maximum atomic E-state index is 13.0. The molecule has 6 nitrogen and oxygen atoms in total. The fourth-order valence-corrected chi connectivity index (χ4v) is 4.90. The number of benzene rings is 1. The number of nitrogens with two attached hydrogens (primary N) is 1. The van der Waals surface area contributed by atoms with Gasteiger partial charge in [0.05, 0.1) is 6.61 Å². The van der Waals surface area contributed by atoms with Gasteiger partial charge in [-0.05, 0) is 38.0 Å². The van der Waals surface area contributed by atoms with E-state index in [-0.39, 0.29) is 17.2 Å². The molecule has 1 aliphatic rings. The summed E-state index contributed by atoms with van der Waals surface area (Å²) < 4.78 is 33.2. The Morgan fingerprint density at radius 3 is 2.82 bits per heavy atom. The SMILES string of the molecule is CCOc1ccc(Br)cc1S(=O)(=O)N1CCCC[C@H]1C(N)=O. The minimum absolute atomic E-state index is 0.0527. The van der Waals surface area contributed by atoms with Crippen molar-refractivity contribution in [3.05, 3.63) is 22.7 Å². The van der Waals surface area contributed by atoms with E-state index in [1.165, 1.54) is 10.4 Å². The zero-order chi connectivity index (χ0) is 16.3. The van der Waals surface area contributed by atoms with Crippen LogP contribution in [0.4, 0.5) is 0 Å². The lowest BCUT2D eigenvalue weighted by Crippen LogP contribution is -2.50. The van der Waals surface area contributed by atoms with E-state index in [2.05, 4.69) is 15.9 Å². The third kappa shape index (κ3) is 3.44. The van der Waals surface area contributed by atoms with Crippen LogP contribution in [-0.2, 0) is 14.8 Å². The lowest BCUT2D eigenvalue weighted by Gasteiger charge is -2.32. The predicted molar refractivity (Wildman–Crippen MR) is 86.0 cm³/mol. The number of hydrogen-bond donors (Lipinski definition) is 1. The summed E-state index contributed by atoms with van der Waals surface area (Å²) in [6.07, 6.45) is 1.95. The fraction of sp³-hybridized carbons (Fsp3) is 0.500. The molecule has 2 rings (SSSR count). The van der Waals surface area contributed by atoms with Crippen LogP contribution >= 0.6 is 15.9 Å². The first-order valence-corrected chi connectivity index (χ1v) is 9.34. The second-order valence-electron chi connectivity index (χ2n) is 5.05. The summed E-state index contributed by atoms with van der Waals surface area (Å²) in [4.78, 5) is 11.6. The molecule has 0 radical (unpaired) electrons. The molecule has 1 saturated heterocycles. The van der Waals surface area contributed by atoms with Crippen LogP contribution in [0.1, 0.15) is 26.2 Å².